The summed E-state index contributed by atoms with van der Waals surface area (Å²) in [5.41, 5.74) is 4.97. The van der Waals surface area contributed by atoms with E-state index in [0.29, 0.717) is 0 Å². The zero-order valence-corrected chi connectivity index (χ0v) is 8.40. The van der Waals surface area contributed by atoms with Crippen molar-refractivity contribution < 1.29 is 0 Å². The summed E-state index contributed by atoms with van der Waals surface area (Å²) in [6, 6.07) is 0. The molecular formula is C12H20. The van der Waals surface area contributed by atoms with Gasteiger partial charge >= 0.3 is 0 Å². The van der Waals surface area contributed by atoms with Crippen molar-refractivity contribution >= 4 is 0 Å². The molecule has 0 N–H and O–H groups in total. The fourth-order valence-electron chi connectivity index (χ4n) is 1.79. The minimum atomic E-state index is 0.902. The predicted molar refractivity (Wildman–Crippen MR) is 54.1 cm³/mol. The normalized spacial score (nSPS) is 16.8. The molecule has 0 aromatic carbocycles. The van der Waals surface area contributed by atoms with E-state index in [-0.39, 0.29) is 0 Å². The van der Waals surface area contributed by atoms with Crippen LogP contribution in [0.4, 0.5) is 0 Å². The van der Waals surface area contributed by atoms with Crippen LogP contribution in [0.5, 0.6) is 0 Å². The van der Waals surface area contributed by atoms with Crippen LogP contribution in [-0.4, -0.2) is 0 Å². The molecule has 0 amide bonds. The second-order valence-corrected chi connectivity index (χ2v) is 3.73. The van der Waals surface area contributed by atoms with Gasteiger partial charge in [-0.05, 0) is 43.3 Å². The topological polar surface area (TPSA) is 0 Å². The molecule has 68 valence electrons. The number of rotatable bonds is 4. The highest BCUT2D eigenvalue weighted by Gasteiger charge is 2.07. The van der Waals surface area contributed by atoms with Gasteiger partial charge in [-0.1, -0.05) is 26.7 Å². The lowest BCUT2D eigenvalue weighted by Crippen LogP contribution is -1.99. The molecule has 0 bridgehead atoms. The lowest BCUT2D eigenvalue weighted by atomic mass is 9.91. The monoisotopic (exact) mass is 164 g/mol. The molecule has 0 fully saturated rings. The van der Waals surface area contributed by atoms with Gasteiger partial charge in [0.2, 0.25) is 0 Å². The van der Waals surface area contributed by atoms with E-state index in [9.17, 15) is 0 Å². The SMILES string of the molecule is CCC(CC)CC1=C=CCCC1. The van der Waals surface area contributed by atoms with Gasteiger partial charge in [-0.2, -0.15) is 0 Å². The van der Waals surface area contributed by atoms with Gasteiger partial charge in [0, 0.05) is 0 Å². The van der Waals surface area contributed by atoms with E-state index < -0.39 is 0 Å². The molecule has 0 aromatic heterocycles. The highest BCUT2D eigenvalue weighted by atomic mass is 14.1. The molecule has 0 radical (unpaired) electrons. The van der Waals surface area contributed by atoms with Crippen molar-refractivity contribution in [2.24, 2.45) is 5.92 Å². The van der Waals surface area contributed by atoms with Crippen LogP contribution in [0.3, 0.4) is 0 Å². The van der Waals surface area contributed by atoms with E-state index in [2.05, 4.69) is 25.7 Å². The van der Waals surface area contributed by atoms with E-state index in [1.165, 1.54) is 38.5 Å². The number of allylic oxidation sites excluding steroid dienone is 1. The number of hydrogen-bond acceptors (Lipinski definition) is 0. The molecular weight excluding hydrogens is 144 g/mol. The molecule has 0 unspecified atom stereocenters. The van der Waals surface area contributed by atoms with Gasteiger partial charge < -0.3 is 0 Å². The molecule has 1 aliphatic rings. The van der Waals surface area contributed by atoms with Crippen LogP contribution in [-0.2, 0) is 0 Å². The third-order valence-corrected chi connectivity index (χ3v) is 2.82. The molecule has 0 aromatic rings. The van der Waals surface area contributed by atoms with Crippen molar-refractivity contribution in [1.82, 2.24) is 0 Å². The summed E-state index contributed by atoms with van der Waals surface area (Å²) in [6.45, 7) is 4.59. The van der Waals surface area contributed by atoms with E-state index in [1.807, 2.05) is 0 Å². The summed E-state index contributed by atoms with van der Waals surface area (Å²) in [6.07, 6.45) is 10.0. The molecule has 0 aliphatic heterocycles. The first-order chi connectivity index (χ1) is 5.86. The first kappa shape index (κ1) is 9.61. The van der Waals surface area contributed by atoms with E-state index >= 15 is 0 Å². The largest absolute Gasteiger partial charge is 0.126 e. The van der Waals surface area contributed by atoms with Crippen molar-refractivity contribution in [1.29, 1.82) is 0 Å². The summed E-state index contributed by atoms with van der Waals surface area (Å²) < 4.78 is 0. The first-order valence-corrected chi connectivity index (χ1v) is 5.29. The standard InChI is InChI=1S/C12H20/c1-3-11(4-2)10-12-8-6-5-7-9-12/h6,11H,3-5,7,9-10H2,1-2H3. The quantitative estimate of drug-likeness (QED) is 0.549. The summed E-state index contributed by atoms with van der Waals surface area (Å²) >= 11 is 0. The maximum Gasteiger partial charge on any atom is -0.0216 e. The second-order valence-electron chi connectivity index (χ2n) is 3.73. The van der Waals surface area contributed by atoms with Crippen molar-refractivity contribution in [3.63, 3.8) is 0 Å². The molecule has 0 atom stereocenters. The van der Waals surface area contributed by atoms with Crippen LogP contribution >= 0.6 is 0 Å². The molecule has 0 spiro atoms. The summed E-state index contributed by atoms with van der Waals surface area (Å²) in [4.78, 5) is 0. The fraction of sp³-hybridized carbons (Fsp3) is 0.750. The Kier molecular flexibility index (Phi) is 4.18. The molecule has 0 heteroatoms. The van der Waals surface area contributed by atoms with Gasteiger partial charge in [-0.15, -0.1) is 5.73 Å². The molecule has 0 saturated carbocycles. The third kappa shape index (κ3) is 2.87. The number of hydrogen-bond donors (Lipinski definition) is 0. The minimum Gasteiger partial charge on any atom is -0.126 e. The van der Waals surface area contributed by atoms with Gasteiger partial charge in [0.15, 0.2) is 0 Å². The maximum atomic E-state index is 3.41. The van der Waals surface area contributed by atoms with Crippen molar-refractivity contribution in [2.45, 2.75) is 52.4 Å². The van der Waals surface area contributed by atoms with Crippen LogP contribution in [0, 0.1) is 5.92 Å². The lowest BCUT2D eigenvalue weighted by molar-refractivity contribution is 0.479. The minimum absolute atomic E-state index is 0.902. The average molecular weight is 164 g/mol. The maximum absolute atomic E-state index is 3.41. The van der Waals surface area contributed by atoms with Crippen molar-refractivity contribution in [3.8, 4) is 0 Å². The average Bonchev–Trinajstić information content (AvgIpc) is 2.16. The van der Waals surface area contributed by atoms with Gasteiger partial charge in [0.1, 0.15) is 0 Å². The van der Waals surface area contributed by atoms with E-state index in [4.69, 9.17) is 0 Å². The van der Waals surface area contributed by atoms with Crippen LogP contribution in [0.25, 0.3) is 0 Å². The van der Waals surface area contributed by atoms with Gasteiger partial charge in [0.25, 0.3) is 0 Å². The van der Waals surface area contributed by atoms with E-state index in [1.54, 1.807) is 5.57 Å². The first-order valence-electron chi connectivity index (χ1n) is 5.29. The Balaban J connectivity index is 2.43. The van der Waals surface area contributed by atoms with Crippen molar-refractivity contribution in [2.75, 3.05) is 0 Å². The molecule has 0 saturated heterocycles. The van der Waals surface area contributed by atoms with Gasteiger partial charge in [-0.25, -0.2) is 0 Å². The third-order valence-electron chi connectivity index (χ3n) is 2.82. The summed E-state index contributed by atoms with van der Waals surface area (Å²) in [7, 11) is 0. The van der Waals surface area contributed by atoms with Crippen LogP contribution in [0.2, 0.25) is 0 Å². The Morgan fingerprint density at radius 1 is 1.42 bits per heavy atom. The highest BCUT2D eigenvalue weighted by Crippen LogP contribution is 2.23. The molecule has 0 heterocycles. The second kappa shape index (κ2) is 5.22. The Morgan fingerprint density at radius 2 is 2.17 bits per heavy atom. The predicted octanol–water partition coefficient (Wildman–Crippen LogP) is 4.08. The molecule has 12 heavy (non-hydrogen) atoms. The molecule has 1 aliphatic carbocycles. The zero-order valence-electron chi connectivity index (χ0n) is 8.40. The summed E-state index contributed by atoms with van der Waals surface area (Å²) in [5.74, 6) is 0.902. The fourth-order valence-corrected chi connectivity index (χ4v) is 1.79. The van der Waals surface area contributed by atoms with Crippen LogP contribution in [0.15, 0.2) is 17.4 Å². The Morgan fingerprint density at radius 3 is 2.67 bits per heavy atom. The Labute approximate surface area is 76.4 Å². The van der Waals surface area contributed by atoms with Gasteiger partial charge in [0.05, 0.1) is 0 Å². The smallest absolute Gasteiger partial charge is 0.0216 e. The van der Waals surface area contributed by atoms with Crippen LogP contribution < -0.4 is 0 Å². The zero-order chi connectivity index (χ0) is 8.81. The molecule has 1 rings (SSSR count). The highest BCUT2D eigenvalue weighted by molar-refractivity contribution is 5.06. The molecule has 0 nitrogen and oxygen atoms in total. The van der Waals surface area contributed by atoms with Crippen molar-refractivity contribution in [3.05, 3.63) is 17.4 Å². The van der Waals surface area contributed by atoms with E-state index in [0.717, 1.165) is 5.92 Å². The van der Waals surface area contributed by atoms with Gasteiger partial charge in [-0.3, -0.25) is 0 Å². The Hall–Kier alpha value is -0.480. The van der Waals surface area contributed by atoms with Crippen LogP contribution in [0.1, 0.15) is 52.4 Å². The lowest BCUT2D eigenvalue weighted by Gasteiger charge is -2.14. The summed E-state index contributed by atoms with van der Waals surface area (Å²) in [5, 5.41) is 0. The Bertz CT molecular complexity index is 178.